The fourth-order valence-corrected chi connectivity index (χ4v) is 5.36. The Kier molecular flexibility index (Phi) is 8.22. The van der Waals surface area contributed by atoms with Crippen molar-refractivity contribution >= 4 is 21.6 Å². The van der Waals surface area contributed by atoms with Gasteiger partial charge in [0.1, 0.15) is 12.3 Å². The quantitative estimate of drug-likeness (QED) is 0.433. The highest BCUT2D eigenvalue weighted by Gasteiger charge is 2.28. The van der Waals surface area contributed by atoms with E-state index in [0.29, 0.717) is 12.1 Å². The Balaban J connectivity index is 1.93. The van der Waals surface area contributed by atoms with Crippen molar-refractivity contribution in [2.75, 3.05) is 18.0 Å². The number of nitrogens with zero attached hydrogens (tertiary/aromatic N) is 1. The van der Waals surface area contributed by atoms with Crippen LogP contribution >= 0.6 is 0 Å². The molecular weight excluding hydrogens is 460 g/mol. The van der Waals surface area contributed by atoms with E-state index < -0.39 is 10.0 Å². The van der Waals surface area contributed by atoms with Crippen LogP contribution in [0.2, 0.25) is 0 Å². The molecule has 0 radical (unpaired) electrons. The largest absolute Gasteiger partial charge is 0.496 e. The van der Waals surface area contributed by atoms with Crippen LogP contribution in [0.15, 0.2) is 65.6 Å². The number of ether oxygens (including phenoxy) is 1. The van der Waals surface area contributed by atoms with Gasteiger partial charge in [-0.2, -0.15) is 0 Å². The van der Waals surface area contributed by atoms with Crippen molar-refractivity contribution < 1.29 is 17.9 Å². The van der Waals surface area contributed by atoms with Gasteiger partial charge in [-0.15, -0.1) is 0 Å². The molecule has 0 aromatic heterocycles. The Morgan fingerprint density at radius 1 is 0.914 bits per heavy atom. The average molecular weight is 495 g/mol. The summed E-state index contributed by atoms with van der Waals surface area (Å²) < 4.78 is 33.8. The zero-order chi connectivity index (χ0) is 25.8. The van der Waals surface area contributed by atoms with E-state index >= 15 is 0 Å². The molecule has 0 spiro atoms. The van der Waals surface area contributed by atoms with Crippen LogP contribution in [0.3, 0.4) is 0 Å². The van der Waals surface area contributed by atoms with Gasteiger partial charge in [0.2, 0.25) is 5.91 Å². The first-order chi connectivity index (χ1) is 16.6. The number of methoxy groups -OCH3 is 1. The van der Waals surface area contributed by atoms with Crippen molar-refractivity contribution in [3.63, 3.8) is 0 Å². The average Bonchev–Trinajstić information content (AvgIpc) is 2.83. The molecule has 1 unspecified atom stereocenters. The number of carbonyl (C=O) groups excluding carboxylic acids is 1. The monoisotopic (exact) mass is 494 g/mol. The van der Waals surface area contributed by atoms with Crippen molar-refractivity contribution in [3.05, 3.63) is 88.5 Å². The van der Waals surface area contributed by atoms with Crippen LogP contribution in [-0.4, -0.2) is 28.0 Å². The van der Waals surface area contributed by atoms with Gasteiger partial charge in [-0.05, 0) is 86.7 Å². The third kappa shape index (κ3) is 6.03. The lowest BCUT2D eigenvalue weighted by atomic mass is 10.0. The number of amides is 1. The number of sulfonamides is 1. The maximum absolute atomic E-state index is 13.6. The van der Waals surface area contributed by atoms with E-state index in [9.17, 15) is 13.2 Å². The summed E-state index contributed by atoms with van der Waals surface area (Å²) in [5.74, 6) is 0.402. The molecule has 7 heteroatoms. The minimum atomic E-state index is -3.96. The summed E-state index contributed by atoms with van der Waals surface area (Å²) in [6, 6.07) is 17.6. The van der Waals surface area contributed by atoms with Gasteiger partial charge in [-0.1, -0.05) is 42.8 Å². The minimum absolute atomic E-state index is 0.145. The molecule has 1 N–H and O–H groups in total. The molecule has 1 amide bonds. The third-order valence-corrected chi connectivity index (χ3v) is 8.03. The normalized spacial score (nSPS) is 12.2. The van der Waals surface area contributed by atoms with Crippen molar-refractivity contribution in [1.82, 2.24) is 5.32 Å². The number of anilines is 1. The molecule has 0 aliphatic heterocycles. The number of hydrogen-bond acceptors (Lipinski definition) is 4. The van der Waals surface area contributed by atoms with Crippen molar-refractivity contribution in [1.29, 1.82) is 0 Å². The zero-order valence-corrected chi connectivity index (χ0v) is 22.1. The fourth-order valence-electron chi connectivity index (χ4n) is 3.94. The molecule has 0 saturated carbocycles. The topological polar surface area (TPSA) is 75.7 Å². The van der Waals surface area contributed by atoms with E-state index in [0.717, 1.165) is 33.6 Å². The predicted octanol–water partition coefficient (Wildman–Crippen LogP) is 5.39. The molecule has 0 saturated heterocycles. The van der Waals surface area contributed by atoms with Crippen LogP contribution in [0.4, 0.5) is 5.69 Å². The van der Waals surface area contributed by atoms with Gasteiger partial charge in [0, 0.05) is 0 Å². The van der Waals surface area contributed by atoms with E-state index in [1.807, 2.05) is 58.9 Å². The van der Waals surface area contributed by atoms with E-state index in [2.05, 4.69) is 5.32 Å². The van der Waals surface area contributed by atoms with Crippen LogP contribution in [0.25, 0.3) is 0 Å². The first kappa shape index (κ1) is 26.3. The molecule has 3 aromatic rings. The first-order valence-corrected chi connectivity index (χ1v) is 13.1. The third-order valence-electron chi connectivity index (χ3n) is 6.24. The number of rotatable bonds is 9. The second kappa shape index (κ2) is 11.0. The van der Waals surface area contributed by atoms with Crippen LogP contribution in [0.5, 0.6) is 5.75 Å². The van der Waals surface area contributed by atoms with Crippen LogP contribution < -0.4 is 14.4 Å². The van der Waals surface area contributed by atoms with Gasteiger partial charge in [-0.25, -0.2) is 8.42 Å². The molecule has 0 heterocycles. The number of hydrogen-bond donors (Lipinski definition) is 1. The predicted molar refractivity (Wildman–Crippen MR) is 141 cm³/mol. The Morgan fingerprint density at radius 3 is 2.17 bits per heavy atom. The highest BCUT2D eigenvalue weighted by molar-refractivity contribution is 7.92. The summed E-state index contributed by atoms with van der Waals surface area (Å²) in [5.41, 5.74) is 5.32. The molecule has 0 bridgehead atoms. The Bertz CT molecular complexity index is 1300. The highest BCUT2D eigenvalue weighted by atomic mass is 32.2. The zero-order valence-electron chi connectivity index (χ0n) is 21.3. The summed E-state index contributed by atoms with van der Waals surface area (Å²) in [4.78, 5) is 13.4. The molecule has 3 rings (SSSR count). The molecule has 1 atom stereocenters. The molecule has 0 aliphatic rings. The van der Waals surface area contributed by atoms with Gasteiger partial charge >= 0.3 is 0 Å². The van der Waals surface area contributed by atoms with Gasteiger partial charge in [-0.3, -0.25) is 9.10 Å². The standard InChI is InChI=1S/C28H34N2O4S/c1-7-26(23-11-15-27(34-6)22(5)16-23)29-28(31)18-30(24-12-10-20(3)21(4)17-24)35(32,33)25-13-8-19(2)9-14-25/h8-17,26H,7,18H2,1-6H3,(H,29,31). The second-order valence-corrected chi connectivity index (χ2v) is 10.7. The van der Waals surface area contributed by atoms with E-state index in [-0.39, 0.29) is 23.4 Å². The van der Waals surface area contributed by atoms with Crippen LogP contribution in [-0.2, 0) is 14.8 Å². The maximum Gasteiger partial charge on any atom is 0.264 e. The fraction of sp³-hybridized carbons (Fsp3) is 0.321. The lowest BCUT2D eigenvalue weighted by molar-refractivity contribution is -0.120. The molecular formula is C28H34N2O4S. The van der Waals surface area contributed by atoms with Crippen LogP contribution in [0, 0.1) is 27.7 Å². The van der Waals surface area contributed by atoms with E-state index in [1.165, 1.54) is 4.31 Å². The van der Waals surface area contributed by atoms with Gasteiger partial charge in [0.15, 0.2) is 0 Å². The Labute approximate surface area is 209 Å². The minimum Gasteiger partial charge on any atom is -0.496 e. The smallest absolute Gasteiger partial charge is 0.264 e. The summed E-state index contributed by atoms with van der Waals surface area (Å²) in [6.07, 6.45) is 0.659. The SMILES string of the molecule is CCC(NC(=O)CN(c1ccc(C)c(C)c1)S(=O)(=O)c1ccc(C)cc1)c1ccc(OC)c(C)c1. The van der Waals surface area contributed by atoms with Crippen molar-refractivity contribution in [2.45, 2.75) is 52.0 Å². The molecule has 0 aliphatic carbocycles. The molecule has 35 heavy (non-hydrogen) atoms. The number of nitrogens with one attached hydrogen (secondary N) is 1. The summed E-state index contributed by atoms with van der Waals surface area (Å²) >= 11 is 0. The lowest BCUT2D eigenvalue weighted by Crippen LogP contribution is -2.42. The molecule has 0 fully saturated rings. The van der Waals surface area contributed by atoms with E-state index in [1.54, 1.807) is 43.5 Å². The van der Waals surface area contributed by atoms with E-state index in [4.69, 9.17) is 4.74 Å². The number of carbonyl (C=O) groups is 1. The van der Waals surface area contributed by atoms with Crippen LogP contribution in [0.1, 0.15) is 47.2 Å². The summed E-state index contributed by atoms with van der Waals surface area (Å²) in [7, 11) is -2.34. The van der Waals surface area contributed by atoms with Gasteiger partial charge < -0.3 is 10.1 Å². The van der Waals surface area contributed by atoms with Crippen molar-refractivity contribution in [2.24, 2.45) is 0 Å². The molecule has 186 valence electrons. The first-order valence-electron chi connectivity index (χ1n) is 11.7. The molecule has 6 nitrogen and oxygen atoms in total. The lowest BCUT2D eigenvalue weighted by Gasteiger charge is -2.26. The Morgan fingerprint density at radius 2 is 1.60 bits per heavy atom. The van der Waals surface area contributed by atoms with Gasteiger partial charge in [0.05, 0.1) is 23.7 Å². The second-order valence-electron chi connectivity index (χ2n) is 8.85. The molecule has 3 aromatic carbocycles. The number of benzene rings is 3. The Hall–Kier alpha value is -3.32. The maximum atomic E-state index is 13.6. The van der Waals surface area contributed by atoms with Crippen molar-refractivity contribution in [3.8, 4) is 5.75 Å². The summed E-state index contributed by atoms with van der Waals surface area (Å²) in [5, 5.41) is 3.02. The highest BCUT2D eigenvalue weighted by Crippen LogP contribution is 2.27. The van der Waals surface area contributed by atoms with Gasteiger partial charge in [0.25, 0.3) is 10.0 Å². The number of aryl methyl sites for hydroxylation is 4. The summed E-state index contributed by atoms with van der Waals surface area (Å²) in [6.45, 7) is 9.39.